The highest BCUT2D eigenvalue weighted by Gasteiger charge is 2.41. The fraction of sp³-hybridized carbons (Fsp3) is 0.524. The summed E-state index contributed by atoms with van der Waals surface area (Å²) in [4.78, 5) is 63.7. The molecule has 8 N–H and O–H groups in total. The van der Waals surface area contributed by atoms with Crippen molar-refractivity contribution in [3.05, 3.63) is 59.2 Å². The van der Waals surface area contributed by atoms with Crippen LogP contribution in [0.25, 0.3) is 33.2 Å². The number of amides is 4. The largest absolute Gasteiger partial charge is 0.391 e. The van der Waals surface area contributed by atoms with Crippen LogP contribution in [0.5, 0.6) is 0 Å². The van der Waals surface area contributed by atoms with E-state index in [4.69, 9.17) is 0 Å². The van der Waals surface area contributed by atoms with Gasteiger partial charge in [-0.15, -0.1) is 0 Å². The third-order valence-electron chi connectivity index (χ3n) is 11.9. The maximum atomic E-state index is 14.8. The van der Waals surface area contributed by atoms with Crippen molar-refractivity contribution in [3.8, 4) is 11.4 Å². The lowest BCUT2D eigenvalue weighted by Gasteiger charge is -2.30. The maximum Gasteiger partial charge on any atom is 0.245 e. The van der Waals surface area contributed by atoms with Crippen molar-refractivity contribution >= 4 is 45.4 Å². The Bertz CT molecular complexity index is 2010. The maximum absolute atomic E-state index is 14.8. The molecule has 0 aliphatic carbocycles. The van der Waals surface area contributed by atoms with E-state index in [1.807, 2.05) is 13.8 Å². The van der Waals surface area contributed by atoms with Crippen LogP contribution in [0.2, 0.25) is 0 Å². The number of H-pyrrole nitrogens is 2. The number of carbonyl (C=O) groups is 4. The number of halogens is 2. The molecule has 2 aromatic heterocycles. The molecule has 2 fully saturated rings. The van der Waals surface area contributed by atoms with E-state index < -0.39 is 60.1 Å². The molecule has 2 aromatic carbocycles. The van der Waals surface area contributed by atoms with Gasteiger partial charge in [0.05, 0.1) is 35.7 Å². The molecule has 2 aliphatic rings. The number of rotatable bonds is 15. The van der Waals surface area contributed by atoms with E-state index in [0.29, 0.717) is 46.0 Å². The number of aromatic nitrogens is 2. The summed E-state index contributed by atoms with van der Waals surface area (Å²) in [5.74, 6) is -2.21. The number of carbonyl (C=O) groups excluding carboxylic acids is 4. The van der Waals surface area contributed by atoms with E-state index in [9.17, 15) is 38.2 Å². The highest BCUT2D eigenvalue weighted by Crippen LogP contribution is 2.40. The molecule has 4 amide bonds. The van der Waals surface area contributed by atoms with Gasteiger partial charge in [0.1, 0.15) is 23.7 Å². The van der Waals surface area contributed by atoms with Crippen molar-refractivity contribution in [2.45, 2.75) is 115 Å². The number of aliphatic hydroxyl groups is 2. The summed E-state index contributed by atoms with van der Waals surface area (Å²) in [7, 11) is 3.31. The van der Waals surface area contributed by atoms with Crippen LogP contribution < -0.4 is 21.3 Å². The van der Waals surface area contributed by atoms with Gasteiger partial charge in [0.15, 0.2) is 0 Å². The van der Waals surface area contributed by atoms with E-state index in [1.165, 1.54) is 24.3 Å². The Hall–Kier alpha value is -4.90. The zero-order valence-corrected chi connectivity index (χ0v) is 33.9. The van der Waals surface area contributed by atoms with E-state index in [2.05, 4.69) is 31.2 Å². The van der Waals surface area contributed by atoms with Crippen LogP contribution >= 0.6 is 0 Å². The first-order valence-electron chi connectivity index (χ1n) is 20.2. The zero-order chi connectivity index (χ0) is 42.0. The first-order chi connectivity index (χ1) is 27.7. The molecule has 0 bridgehead atoms. The Balaban J connectivity index is 1.40. The smallest absolute Gasteiger partial charge is 0.245 e. The average Bonchev–Trinajstić information content (AvgIpc) is 3.96. The summed E-state index contributed by atoms with van der Waals surface area (Å²) < 4.78 is 29.6. The van der Waals surface area contributed by atoms with E-state index in [0.717, 1.165) is 11.1 Å². The van der Waals surface area contributed by atoms with Crippen molar-refractivity contribution in [2.75, 3.05) is 27.2 Å². The first-order valence-corrected chi connectivity index (χ1v) is 20.2. The fourth-order valence-corrected chi connectivity index (χ4v) is 8.42. The lowest BCUT2D eigenvalue weighted by atomic mass is 9.94. The second-order valence-electron chi connectivity index (χ2n) is 15.8. The van der Waals surface area contributed by atoms with E-state index in [-0.39, 0.29) is 62.4 Å². The summed E-state index contributed by atoms with van der Waals surface area (Å²) in [6.07, 6.45) is 0.0738. The second-order valence-corrected chi connectivity index (χ2v) is 15.8. The van der Waals surface area contributed by atoms with Gasteiger partial charge in [-0.1, -0.05) is 13.8 Å². The Morgan fingerprint density at radius 3 is 1.43 bits per heavy atom. The minimum Gasteiger partial charge on any atom is -0.391 e. The number of benzene rings is 2. The molecule has 16 heteroatoms. The summed E-state index contributed by atoms with van der Waals surface area (Å²) in [6, 6.07) is 5.13. The Labute approximate surface area is 336 Å². The average molecular weight is 807 g/mol. The van der Waals surface area contributed by atoms with Gasteiger partial charge in [-0.2, -0.15) is 0 Å². The van der Waals surface area contributed by atoms with Crippen LogP contribution in [0.4, 0.5) is 8.78 Å². The van der Waals surface area contributed by atoms with E-state index in [1.54, 1.807) is 49.9 Å². The van der Waals surface area contributed by atoms with Crippen molar-refractivity contribution < 1.29 is 38.2 Å². The standard InChI is InChI=1S/C42H56F2N8O6/c1-7-33(49-39(55)21(3)45-5)41(57)51-19-27(53)15-25(51)17-31-29-11-9-23(43)13-35(29)47-37(31)38-32(30-12-10-24(44)14-36(30)48-38)18-26-16-28(54)20-52(26)42(58)34(8-2)50-40(56)22(4)46-6/h9-14,21-22,25-28,33-34,45-48,53-54H,7-8,15-20H2,1-6H3,(H,49,55)(H,50,56)/t21-,22-,25-,26+,27-,28+,33+,34-/m0/s1. The lowest BCUT2D eigenvalue weighted by molar-refractivity contribution is -0.138. The molecule has 14 nitrogen and oxygen atoms in total. The third-order valence-corrected chi connectivity index (χ3v) is 11.9. The molecule has 0 unspecified atom stereocenters. The van der Waals surface area contributed by atoms with Gasteiger partial charge >= 0.3 is 0 Å². The highest BCUT2D eigenvalue weighted by molar-refractivity contribution is 5.97. The summed E-state index contributed by atoms with van der Waals surface area (Å²) in [5.41, 5.74) is 3.58. The molecule has 4 heterocycles. The summed E-state index contributed by atoms with van der Waals surface area (Å²) in [5, 5.41) is 34.7. The van der Waals surface area contributed by atoms with Gasteiger partial charge in [0.2, 0.25) is 23.6 Å². The molecule has 4 aromatic rings. The van der Waals surface area contributed by atoms with Gasteiger partial charge in [-0.3, -0.25) is 19.2 Å². The number of likely N-dealkylation sites (tertiary alicyclic amines) is 2. The number of hydrogen-bond acceptors (Lipinski definition) is 8. The van der Waals surface area contributed by atoms with Crippen LogP contribution in [0.3, 0.4) is 0 Å². The molecule has 2 saturated heterocycles. The van der Waals surface area contributed by atoms with Crippen LogP contribution in [0.15, 0.2) is 36.4 Å². The zero-order valence-electron chi connectivity index (χ0n) is 33.9. The molecule has 8 atom stereocenters. The van der Waals surface area contributed by atoms with Gasteiger partial charge in [0, 0.05) is 47.0 Å². The predicted octanol–water partition coefficient (Wildman–Crippen LogP) is 2.61. The van der Waals surface area contributed by atoms with Gasteiger partial charge < -0.3 is 51.2 Å². The SMILES string of the molecule is CC[C@H](NC(=O)[C@H](C)NC)C(=O)N1C[C@H](O)C[C@@H]1Cc1c(-c2[nH]c3cc(F)ccc3c2C[C@@H]2C[C@H](O)CN2C(=O)[C@@H](CC)NC(=O)[C@H](C)NC)[nH]c2cc(F)ccc12. The predicted molar refractivity (Wildman–Crippen MR) is 217 cm³/mol. The Morgan fingerprint density at radius 1 is 0.707 bits per heavy atom. The van der Waals surface area contributed by atoms with Crippen molar-refractivity contribution in [1.82, 2.24) is 41.0 Å². The first kappa shape index (κ1) is 42.7. The second kappa shape index (κ2) is 17.9. The fourth-order valence-electron chi connectivity index (χ4n) is 8.42. The highest BCUT2D eigenvalue weighted by atomic mass is 19.1. The van der Waals surface area contributed by atoms with Crippen molar-refractivity contribution in [1.29, 1.82) is 0 Å². The molecule has 2 aliphatic heterocycles. The monoisotopic (exact) mass is 806 g/mol. The number of fused-ring (bicyclic) bond motifs is 2. The topological polar surface area (TPSA) is 195 Å². The van der Waals surface area contributed by atoms with Crippen LogP contribution in [0.1, 0.15) is 64.5 Å². The van der Waals surface area contributed by atoms with Crippen molar-refractivity contribution in [2.24, 2.45) is 0 Å². The Kier molecular flexibility index (Phi) is 13.2. The quantitative estimate of drug-likeness (QED) is 0.0899. The molecule has 314 valence electrons. The van der Waals surface area contributed by atoms with Crippen LogP contribution in [-0.2, 0) is 32.0 Å². The third kappa shape index (κ3) is 8.75. The molecule has 0 spiro atoms. The summed E-state index contributed by atoms with van der Waals surface area (Å²) in [6.45, 7) is 7.15. The normalized spacial score (nSPS) is 21.7. The Morgan fingerprint density at radius 2 is 1.09 bits per heavy atom. The number of aliphatic hydroxyl groups excluding tert-OH is 2. The summed E-state index contributed by atoms with van der Waals surface area (Å²) >= 11 is 0. The number of nitrogens with zero attached hydrogens (tertiary/aromatic N) is 2. The van der Waals surface area contributed by atoms with Gasteiger partial charge in [-0.25, -0.2) is 8.78 Å². The van der Waals surface area contributed by atoms with Crippen LogP contribution in [0, 0.1) is 11.6 Å². The number of aromatic amines is 2. The number of hydrogen-bond donors (Lipinski definition) is 8. The van der Waals surface area contributed by atoms with E-state index >= 15 is 0 Å². The minimum absolute atomic E-state index is 0.0711. The molecular weight excluding hydrogens is 751 g/mol. The molecular formula is C42H56F2N8O6. The van der Waals surface area contributed by atoms with Gasteiger partial charge in [-0.05, 0) is 114 Å². The molecule has 0 saturated carbocycles. The molecule has 58 heavy (non-hydrogen) atoms. The minimum atomic E-state index is -0.817. The van der Waals surface area contributed by atoms with Gasteiger partial charge in [0.25, 0.3) is 0 Å². The van der Waals surface area contributed by atoms with Crippen molar-refractivity contribution in [3.63, 3.8) is 0 Å². The molecule has 6 rings (SSSR count). The van der Waals surface area contributed by atoms with Crippen LogP contribution in [-0.4, -0.2) is 129 Å². The number of likely N-dealkylation sites (N-methyl/N-ethyl adjacent to an activating group) is 2. The number of β-amino-alcohol motifs (C(OH)–C–C–N with tert-alkyl or cyclic N) is 2. The number of nitrogens with one attached hydrogen (secondary N) is 6. The molecule has 0 radical (unpaired) electrons. The lowest BCUT2D eigenvalue weighted by Crippen LogP contribution is -2.53.